The van der Waals surface area contributed by atoms with Crippen LogP contribution in [0.3, 0.4) is 0 Å². The first-order valence-corrected chi connectivity index (χ1v) is 17.9. The van der Waals surface area contributed by atoms with Crippen molar-refractivity contribution >= 4 is 30.8 Å². The third-order valence-corrected chi connectivity index (χ3v) is 11.5. The maximum Gasteiger partial charge on any atom is 0.243 e. The molecule has 2 unspecified atom stereocenters. The minimum absolute atomic E-state index is 0.0181. The van der Waals surface area contributed by atoms with E-state index in [-0.39, 0.29) is 37.2 Å². The molecule has 3 N–H and O–H groups in total. The fourth-order valence-electron chi connectivity index (χ4n) is 5.70. The van der Waals surface area contributed by atoms with Gasteiger partial charge in [-0.25, -0.2) is 21.6 Å². The molecule has 3 aromatic rings. The summed E-state index contributed by atoms with van der Waals surface area (Å²) >= 11 is 0. The van der Waals surface area contributed by atoms with Gasteiger partial charge >= 0.3 is 0 Å². The zero-order valence-electron chi connectivity index (χ0n) is 24.9. The Morgan fingerprint density at radius 3 is 2.55 bits per heavy atom. The molecular weight excluding hydrogens is 606 g/mol. The molecule has 2 atom stereocenters. The highest BCUT2D eigenvalue weighted by Gasteiger charge is 2.44. The second-order valence-corrected chi connectivity index (χ2v) is 15.0. The summed E-state index contributed by atoms with van der Waals surface area (Å²) in [5, 5.41) is 15.8. The van der Waals surface area contributed by atoms with E-state index < -0.39 is 31.8 Å². The lowest BCUT2D eigenvalue weighted by Crippen LogP contribution is -2.47. The molecule has 44 heavy (non-hydrogen) atoms. The van der Waals surface area contributed by atoms with Crippen LogP contribution in [0.4, 0.5) is 0 Å². The summed E-state index contributed by atoms with van der Waals surface area (Å²) in [5.74, 6) is 0.338. The second-order valence-electron chi connectivity index (χ2n) is 11.3. The summed E-state index contributed by atoms with van der Waals surface area (Å²) in [6.45, 7) is 4.29. The van der Waals surface area contributed by atoms with Gasteiger partial charge in [0.1, 0.15) is 18.5 Å². The number of hydrogen-bond acceptors (Lipinski definition) is 9. The van der Waals surface area contributed by atoms with Crippen molar-refractivity contribution in [1.82, 2.24) is 14.3 Å². The molecule has 1 spiro atoms. The SMILES string of the molecule is CCOCCNS(=O)(=O)c1cccc(OCC(O)CNC2COC3(CCN(S(=O)(=O)c4ccc5ccccc5c4)CC3)C2)c1. The predicted molar refractivity (Wildman–Crippen MR) is 167 cm³/mol. The van der Waals surface area contributed by atoms with Crippen molar-refractivity contribution in [2.75, 3.05) is 52.6 Å². The first-order chi connectivity index (χ1) is 21.1. The Morgan fingerprint density at radius 2 is 1.77 bits per heavy atom. The molecule has 2 fully saturated rings. The largest absolute Gasteiger partial charge is 0.491 e. The number of rotatable bonds is 14. The lowest BCUT2D eigenvalue weighted by molar-refractivity contribution is -0.0312. The molecule has 13 heteroatoms. The van der Waals surface area contributed by atoms with Gasteiger partial charge in [0.2, 0.25) is 20.0 Å². The van der Waals surface area contributed by atoms with Crippen LogP contribution < -0.4 is 14.8 Å². The van der Waals surface area contributed by atoms with Gasteiger partial charge in [0.25, 0.3) is 0 Å². The molecule has 5 rings (SSSR count). The van der Waals surface area contributed by atoms with Crippen molar-refractivity contribution in [2.24, 2.45) is 0 Å². The van der Waals surface area contributed by atoms with Gasteiger partial charge in [-0.3, -0.25) is 0 Å². The lowest BCUT2D eigenvalue weighted by Gasteiger charge is -2.38. The molecule has 0 amide bonds. The molecule has 0 bridgehead atoms. The number of aliphatic hydroxyl groups excluding tert-OH is 1. The number of hydrogen-bond donors (Lipinski definition) is 3. The Morgan fingerprint density at radius 1 is 1.00 bits per heavy atom. The Balaban J connectivity index is 1.06. The van der Waals surface area contributed by atoms with Gasteiger partial charge in [-0.15, -0.1) is 0 Å². The van der Waals surface area contributed by atoms with Crippen molar-refractivity contribution < 1.29 is 36.2 Å². The molecule has 0 saturated carbocycles. The first kappa shape index (κ1) is 32.8. The van der Waals surface area contributed by atoms with Crippen LogP contribution in [0.2, 0.25) is 0 Å². The number of piperidine rings is 1. The van der Waals surface area contributed by atoms with Gasteiger partial charge in [0.05, 0.1) is 28.6 Å². The maximum absolute atomic E-state index is 13.4. The molecule has 240 valence electrons. The zero-order valence-corrected chi connectivity index (χ0v) is 26.5. The maximum atomic E-state index is 13.4. The van der Waals surface area contributed by atoms with Crippen LogP contribution in [0.5, 0.6) is 5.75 Å². The summed E-state index contributed by atoms with van der Waals surface area (Å²) in [6, 6.07) is 19.1. The highest BCUT2D eigenvalue weighted by molar-refractivity contribution is 7.89. The van der Waals surface area contributed by atoms with Crippen molar-refractivity contribution in [2.45, 2.75) is 53.7 Å². The third kappa shape index (κ3) is 7.96. The standard InChI is InChI=1S/C31H41N3O8S2/c1-2-40-17-14-33-43(36,37)29-9-5-8-28(19-29)41-23-27(35)21-32-26-20-31(42-22-26)12-15-34(16-13-31)44(38,39)30-11-10-24-6-3-4-7-25(24)18-30/h3-11,18-19,26-27,32-33,35H,2,12-17,20-23H2,1H3. The number of benzene rings is 3. The fraction of sp³-hybridized carbons (Fsp3) is 0.484. The van der Waals surface area contributed by atoms with E-state index in [9.17, 15) is 21.9 Å². The second kappa shape index (κ2) is 14.2. The zero-order chi connectivity index (χ0) is 31.2. The Hall–Kier alpha value is -2.62. The molecule has 11 nitrogen and oxygen atoms in total. The molecular formula is C31H41N3O8S2. The van der Waals surface area contributed by atoms with Crippen molar-refractivity contribution in [3.63, 3.8) is 0 Å². The van der Waals surface area contributed by atoms with Gasteiger partial charge in [-0.2, -0.15) is 4.31 Å². The van der Waals surface area contributed by atoms with Crippen molar-refractivity contribution in [1.29, 1.82) is 0 Å². The van der Waals surface area contributed by atoms with E-state index in [0.29, 0.717) is 49.8 Å². The van der Waals surface area contributed by atoms with E-state index >= 15 is 0 Å². The summed E-state index contributed by atoms with van der Waals surface area (Å²) in [7, 11) is -7.31. The summed E-state index contributed by atoms with van der Waals surface area (Å²) in [4.78, 5) is 0.376. The normalized spacial score (nSPS) is 19.8. The average molecular weight is 648 g/mol. The number of ether oxygens (including phenoxy) is 3. The van der Waals surface area contributed by atoms with E-state index in [1.165, 1.54) is 12.1 Å². The molecule has 0 aliphatic carbocycles. The molecule has 0 radical (unpaired) electrons. The number of fused-ring (bicyclic) bond motifs is 1. The topological polar surface area (TPSA) is 144 Å². The molecule has 3 aromatic carbocycles. The Labute approximate surface area is 259 Å². The Kier molecular flexibility index (Phi) is 10.6. The monoisotopic (exact) mass is 647 g/mol. The summed E-state index contributed by atoms with van der Waals surface area (Å²) < 4.78 is 72.8. The number of sulfonamides is 2. The van der Waals surface area contributed by atoms with Gasteiger partial charge < -0.3 is 24.6 Å². The highest BCUT2D eigenvalue weighted by atomic mass is 32.2. The number of nitrogens with one attached hydrogen (secondary N) is 2. The van der Waals surface area contributed by atoms with E-state index in [2.05, 4.69) is 10.0 Å². The molecule has 2 aliphatic rings. The highest BCUT2D eigenvalue weighted by Crippen LogP contribution is 2.37. The molecule has 2 heterocycles. The van der Waals surface area contributed by atoms with Crippen molar-refractivity contribution in [3.05, 3.63) is 66.7 Å². The fourth-order valence-corrected chi connectivity index (χ4v) is 8.22. The van der Waals surface area contributed by atoms with Gasteiger partial charge in [0.15, 0.2) is 0 Å². The summed E-state index contributed by atoms with van der Waals surface area (Å²) in [6.07, 6.45) is 1.10. The van der Waals surface area contributed by atoms with E-state index in [1.54, 1.807) is 28.6 Å². The van der Waals surface area contributed by atoms with Crippen LogP contribution in [-0.2, 0) is 29.5 Å². The van der Waals surface area contributed by atoms with E-state index in [0.717, 1.165) is 17.2 Å². The minimum atomic E-state index is -3.71. The van der Waals surface area contributed by atoms with E-state index in [1.807, 2.05) is 37.3 Å². The van der Waals surface area contributed by atoms with Crippen LogP contribution in [0.25, 0.3) is 10.8 Å². The predicted octanol–water partition coefficient (Wildman–Crippen LogP) is 2.50. The first-order valence-electron chi connectivity index (χ1n) is 14.9. The third-order valence-electron chi connectivity index (χ3n) is 8.14. The minimum Gasteiger partial charge on any atom is -0.491 e. The molecule has 0 aromatic heterocycles. The van der Waals surface area contributed by atoms with Gasteiger partial charge in [-0.05, 0) is 61.2 Å². The summed E-state index contributed by atoms with van der Waals surface area (Å²) in [5.41, 5.74) is -0.392. The van der Waals surface area contributed by atoms with E-state index in [4.69, 9.17) is 14.2 Å². The van der Waals surface area contributed by atoms with Crippen LogP contribution >= 0.6 is 0 Å². The van der Waals surface area contributed by atoms with Crippen LogP contribution in [0.1, 0.15) is 26.2 Å². The van der Waals surface area contributed by atoms with Crippen LogP contribution in [-0.4, -0.2) is 96.6 Å². The smallest absolute Gasteiger partial charge is 0.243 e. The van der Waals surface area contributed by atoms with Crippen LogP contribution in [0.15, 0.2) is 76.5 Å². The lowest BCUT2D eigenvalue weighted by atomic mass is 9.88. The average Bonchev–Trinajstić information content (AvgIpc) is 3.43. The van der Waals surface area contributed by atoms with Crippen molar-refractivity contribution in [3.8, 4) is 5.75 Å². The molecule has 2 saturated heterocycles. The number of aliphatic hydroxyl groups is 1. The van der Waals surface area contributed by atoms with Gasteiger partial charge in [0, 0.05) is 44.9 Å². The van der Waals surface area contributed by atoms with Gasteiger partial charge in [-0.1, -0.05) is 36.4 Å². The molecule has 2 aliphatic heterocycles. The number of nitrogens with zero attached hydrogens (tertiary/aromatic N) is 1. The Bertz CT molecular complexity index is 1630. The quantitative estimate of drug-likeness (QED) is 0.225. The van der Waals surface area contributed by atoms with Crippen LogP contribution in [0, 0.1) is 0 Å².